The van der Waals surface area contributed by atoms with Gasteiger partial charge in [-0.15, -0.1) is 0 Å². The summed E-state index contributed by atoms with van der Waals surface area (Å²) in [7, 11) is 0. The lowest BCUT2D eigenvalue weighted by molar-refractivity contribution is 0.0515. The zero-order valence-electron chi connectivity index (χ0n) is 18.9. The average molecular weight is 431 g/mol. The van der Waals surface area contributed by atoms with Gasteiger partial charge in [0.1, 0.15) is 5.60 Å². The van der Waals surface area contributed by atoms with Gasteiger partial charge < -0.3 is 15.0 Å². The van der Waals surface area contributed by atoms with E-state index < -0.39 is 5.60 Å². The van der Waals surface area contributed by atoms with Crippen LogP contribution in [0.25, 0.3) is 22.0 Å². The van der Waals surface area contributed by atoms with Gasteiger partial charge in [0, 0.05) is 30.9 Å². The number of benzene rings is 2. The van der Waals surface area contributed by atoms with E-state index in [2.05, 4.69) is 57.7 Å². The highest BCUT2D eigenvalue weighted by atomic mass is 16.6. The monoisotopic (exact) mass is 430 g/mol. The predicted molar refractivity (Wildman–Crippen MR) is 127 cm³/mol. The molecule has 1 saturated heterocycles. The number of nitrogens with one attached hydrogen (secondary N) is 1. The maximum atomic E-state index is 12.0. The molecule has 32 heavy (non-hydrogen) atoms. The minimum Gasteiger partial charge on any atom is -0.444 e. The minimum atomic E-state index is -0.469. The summed E-state index contributed by atoms with van der Waals surface area (Å²) >= 11 is 0. The molecule has 2 aromatic carbocycles. The number of hydrogen-bond acceptors (Lipinski definition) is 5. The van der Waals surface area contributed by atoms with Crippen LogP contribution in [0.2, 0.25) is 0 Å². The Labute approximate surface area is 189 Å². The number of ether oxygens (including phenoxy) is 1. The molecular weight excluding hydrogens is 400 g/mol. The van der Waals surface area contributed by atoms with Crippen molar-refractivity contribution in [2.45, 2.75) is 45.3 Å². The SMILES string of the molecule is CC(C)(C)OC(=O)NC[C@@H]1C[C@@H]2C[C@H]1CN2c1nccc(-c2ccc3ccccc3c2)n1. The summed E-state index contributed by atoms with van der Waals surface area (Å²) in [4.78, 5) is 23.9. The van der Waals surface area contributed by atoms with Gasteiger partial charge in [-0.3, -0.25) is 0 Å². The van der Waals surface area contributed by atoms with Gasteiger partial charge in [0.25, 0.3) is 0 Å². The molecule has 1 saturated carbocycles. The van der Waals surface area contributed by atoms with Crippen molar-refractivity contribution in [1.29, 1.82) is 0 Å². The van der Waals surface area contributed by atoms with Crippen LogP contribution in [0, 0.1) is 11.8 Å². The first-order valence-corrected chi connectivity index (χ1v) is 11.4. The molecular formula is C26H30N4O2. The summed E-state index contributed by atoms with van der Waals surface area (Å²) < 4.78 is 5.37. The lowest BCUT2D eigenvalue weighted by atomic mass is 9.94. The summed E-state index contributed by atoms with van der Waals surface area (Å²) in [5.41, 5.74) is 1.59. The average Bonchev–Trinajstić information content (AvgIpc) is 3.37. The molecule has 0 spiro atoms. The number of rotatable bonds is 4. The summed E-state index contributed by atoms with van der Waals surface area (Å²) in [6.45, 7) is 7.25. The normalized spacial score (nSPS) is 22.3. The van der Waals surface area contributed by atoms with Gasteiger partial charge in [0.05, 0.1) is 5.69 Å². The molecule has 6 nitrogen and oxygen atoms in total. The van der Waals surface area contributed by atoms with Crippen molar-refractivity contribution >= 4 is 22.8 Å². The van der Waals surface area contributed by atoms with Crippen molar-refractivity contribution in [2.24, 2.45) is 11.8 Å². The Bertz CT molecular complexity index is 1140. The van der Waals surface area contributed by atoms with E-state index in [1.807, 2.05) is 33.0 Å². The highest BCUT2D eigenvalue weighted by molar-refractivity contribution is 5.86. The minimum absolute atomic E-state index is 0.330. The molecule has 2 aliphatic rings. The largest absolute Gasteiger partial charge is 0.444 e. The van der Waals surface area contributed by atoms with Crippen LogP contribution in [-0.4, -0.2) is 40.8 Å². The Hall–Kier alpha value is -3.15. The fourth-order valence-electron chi connectivity index (χ4n) is 5.08. The van der Waals surface area contributed by atoms with Gasteiger partial charge in [-0.1, -0.05) is 36.4 Å². The Morgan fingerprint density at radius 2 is 1.94 bits per heavy atom. The number of anilines is 1. The lowest BCUT2D eigenvalue weighted by Gasteiger charge is -2.32. The van der Waals surface area contributed by atoms with Gasteiger partial charge in [-0.05, 0) is 68.4 Å². The summed E-state index contributed by atoms with van der Waals surface area (Å²) in [6, 6.07) is 17.2. The van der Waals surface area contributed by atoms with Gasteiger partial charge in [-0.2, -0.15) is 0 Å². The number of fused-ring (bicyclic) bond motifs is 3. The molecule has 3 atom stereocenters. The van der Waals surface area contributed by atoms with E-state index in [4.69, 9.17) is 9.72 Å². The third-order valence-corrected chi connectivity index (χ3v) is 6.54. The van der Waals surface area contributed by atoms with E-state index in [9.17, 15) is 4.79 Å². The lowest BCUT2D eigenvalue weighted by Crippen LogP contribution is -2.41. The molecule has 2 bridgehead atoms. The number of hydrogen-bond donors (Lipinski definition) is 1. The zero-order valence-corrected chi connectivity index (χ0v) is 18.9. The second kappa shape index (κ2) is 8.08. The molecule has 1 aromatic heterocycles. The number of amides is 1. The van der Waals surface area contributed by atoms with Crippen molar-refractivity contribution in [3.63, 3.8) is 0 Å². The van der Waals surface area contributed by atoms with Crippen molar-refractivity contribution in [3.05, 3.63) is 54.7 Å². The summed E-state index contributed by atoms with van der Waals surface area (Å²) in [5, 5.41) is 5.40. The number of alkyl carbamates (subject to hydrolysis) is 1. The van der Waals surface area contributed by atoms with Crippen LogP contribution < -0.4 is 10.2 Å². The van der Waals surface area contributed by atoms with Crippen LogP contribution in [0.4, 0.5) is 10.7 Å². The van der Waals surface area contributed by atoms with Crippen molar-refractivity contribution in [1.82, 2.24) is 15.3 Å². The molecule has 6 heteroatoms. The van der Waals surface area contributed by atoms with Crippen LogP contribution in [-0.2, 0) is 4.74 Å². The number of carbonyl (C=O) groups is 1. The maximum absolute atomic E-state index is 12.0. The van der Waals surface area contributed by atoms with Gasteiger partial charge in [-0.25, -0.2) is 14.8 Å². The van der Waals surface area contributed by atoms with Crippen LogP contribution in [0.1, 0.15) is 33.6 Å². The summed E-state index contributed by atoms with van der Waals surface area (Å²) in [5.74, 6) is 1.83. The number of carbonyl (C=O) groups excluding carboxylic acids is 1. The highest BCUT2D eigenvalue weighted by Gasteiger charge is 2.45. The fourth-order valence-corrected chi connectivity index (χ4v) is 5.08. The molecule has 2 heterocycles. The third kappa shape index (κ3) is 4.27. The van der Waals surface area contributed by atoms with Crippen LogP contribution in [0.5, 0.6) is 0 Å². The molecule has 0 radical (unpaired) electrons. The second-order valence-corrected chi connectivity index (χ2v) is 9.98. The molecule has 5 rings (SSSR count). The standard InChI is InChI=1S/C26H30N4O2/c1-26(2,3)32-25(31)28-15-20-13-22-14-21(20)16-30(22)24-27-11-10-23(29-24)19-9-8-17-6-4-5-7-18(17)12-19/h4-12,20-22H,13-16H2,1-3H3,(H,28,31)/t20-,21-,22+/m0/s1. The van der Waals surface area contributed by atoms with Gasteiger partial charge >= 0.3 is 6.09 Å². The quantitative estimate of drug-likeness (QED) is 0.628. The molecule has 2 fully saturated rings. The second-order valence-electron chi connectivity index (χ2n) is 9.98. The van der Waals surface area contributed by atoms with Crippen molar-refractivity contribution in [2.75, 3.05) is 18.0 Å². The molecule has 1 aliphatic carbocycles. The molecule has 166 valence electrons. The van der Waals surface area contributed by atoms with E-state index in [-0.39, 0.29) is 6.09 Å². The smallest absolute Gasteiger partial charge is 0.407 e. The highest BCUT2D eigenvalue weighted by Crippen LogP contribution is 2.43. The van der Waals surface area contributed by atoms with Crippen LogP contribution in [0.3, 0.4) is 0 Å². The Balaban J connectivity index is 1.25. The van der Waals surface area contributed by atoms with E-state index in [0.29, 0.717) is 24.4 Å². The molecule has 1 aliphatic heterocycles. The number of piperidine rings is 1. The van der Waals surface area contributed by atoms with E-state index in [1.165, 1.54) is 10.8 Å². The van der Waals surface area contributed by atoms with E-state index in [0.717, 1.165) is 36.6 Å². The number of nitrogens with zero attached hydrogens (tertiary/aromatic N) is 3. The van der Waals surface area contributed by atoms with E-state index in [1.54, 1.807) is 0 Å². The first-order chi connectivity index (χ1) is 15.4. The maximum Gasteiger partial charge on any atom is 0.407 e. The predicted octanol–water partition coefficient (Wildman–Crippen LogP) is 5.04. The summed E-state index contributed by atoms with van der Waals surface area (Å²) in [6.07, 6.45) is 3.71. The van der Waals surface area contributed by atoms with Gasteiger partial charge in [0.15, 0.2) is 0 Å². The first kappa shape index (κ1) is 20.7. The molecule has 1 N–H and O–H groups in total. The van der Waals surface area contributed by atoms with Gasteiger partial charge in [0.2, 0.25) is 5.95 Å². The number of aromatic nitrogens is 2. The Morgan fingerprint density at radius 1 is 1.12 bits per heavy atom. The molecule has 1 amide bonds. The Kier molecular flexibility index (Phi) is 5.24. The van der Waals surface area contributed by atoms with Crippen molar-refractivity contribution in [3.8, 4) is 11.3 Å². The third-order valence-electron chi connectivity index (χ3n) is 6.54. The molecule has 3 aromatic rings. The molecule has 0 unspecified atom stereocenters. The Morgan fingerprint density at radius 3 is 2.69 bits per heavy atom. The first-order valence-electron chi connectivity index (χ1n) is 11.4. The van der Waals surface area contributed by atoms with Crippen LogP contribution >= 0.6 is 0 Å². The zero-order chi connectivity index (χ0) is 22.3. The van der Waals surface area contributed by atoms with Crippen LogP contribution in [0.15, 0.2) is 54.7 Å². The van der Waals surface area contributed by atoms with Crippen molar-refractivity contribution < 1.29 is 9.53 Å². The fraction of sp³-hybridized carbons (Fsp3) is 0.423. The topological polar surface area (TPSA) is 67.3 Å². The van der Waals surface area contributed by atoms with E-state index >= 15 is 0 Å².